The van der Waals surface area contributed by atoms with E-state index in [9.17, 15) is 0 Å². The first-order chi connectivity index (χ1) is 8.85. The Hall–Kier alpha value is -0.450. The predicted molar refractivity (Wildman–Crippen MR) is 77.9 cm³/mol. The summed E-state index contributed by atoms with van der Waals surface area (Å²) in [6.07, 6.45) is 9.08. The number of thiazole rings is 1. The van der Waals surface area contributed by atoms with E-state index in [1.54, 1.807) is 11.3 Å². The van der Waals surface area contributed by atoms with Crippen LogP contribution >= 0.6 is 11.3 Å². The molecule has 0 spiro atoms. The highest BCUT2D eigenvalue weighted by molar-refractivity contribution is 7.07. The average molecular weight is 267 g/mol. The fourth-order valence-corrected chi connectivity index (χ4v) is 3.51. The van der Waals surface area contributed by atoms with Crippen molar-refractivity contribution in [3.05, 3.63) is 16.6 Å². The Bertz CT molecular complexity index is 318. The van der Waals surface area contributed by atoms with Crippen LogP contribution in [0.2, 0.25) is 0 Å². The van der Waals surface area contributed by atoms with Crippen LogP contribution in [0.4, 0.5) is 0 Å². The van der Waals surface area contributed by atoms with Crippen molar-refractivity contribution in [1.82, 2.24) is 10.3 Å². The topological polar surface area (TPSA) is 50.9 Å². The van der Waals surface area contributed by atoms with Crippen LogP contribution in [0.3, 0.4) is 0 Å². The molecule has 1 aliphatic rings. The van der Waals surface area contributed by atoms with Gasteiger partial charge in [-0.05, 0) is 37.8 Å². The van der Waals surface area contributed by atoms with Crippen LogP contribution in [0, 0.1) is 5.41 Å². The highest BCUT2D eigenvalue weighted by Gasteiger charge is 2.29. The van der Waals surface area contributed by atoms with E-state index < -0.39 is 0 Å². The molecule has 0 saturated heterocycles. The summed E-state index contributed by atoms with van der Waals surface area (Å²) in [7, 11) is 0. The maximum absolute atomic E-state index is 5.99. The molecule has 1 saturated carbocycles. The zero-order valence-corrected chi connectivity index (χ0v) is 12.0. The molecule has 4 heteroatoms. The zero-order chi connectivity index (χ0) is 12.7. The zero-order valence-electron chi connectivity index (χ0n) is 11.2. The maximum atomic E-state index is 5.99. The molecule has 0 bridgehead atoms. The first kappa shape index (κ1) is 14.0. The van der Waals surface area contributed by atoms with Gasteiger partial charge in [-0.2, -0.15) is 0 Å². The van der Waals surface area contributed by atoms with Crippen molar-refractivity contribution in [3.63, 3.8) is 0 Å². The quantitative estimate of drug-likeness (QED) is 0.747. The monoisotopic (exact) mass is 267 g/mol. The summed E-state index contributed by atoms with van der Waals surface area (Å²) in [4.78, 5) is 4.29. The summed E-state index contributed by atoms with van der Waals surface area (Å²) in [5.74, 6) is 0. The Labute approximate surface area is 114 Å². The molecule has 102 valence electrons. The SMILES string of the molecule is NCC1(CCNCCc2cscn2)CCCCC1. The van der Waals surface area contributed by atoms with Crippen LogP contribution in [0.25, 0.3) is 0 Å². The van der Waals surface area contributed by atoms with Crippen molar-refractivity contribution < 1.29 is 0 Å². The Morgan fingerprint density at radius 2 is 2.11 bits per heavy atom. The lowest BCUT2D eigenvalue weighted by Crippen LogP contribution is -2.36. The predicted octanol–water partition coefficient (Wildman–Crippen LogP) is 2.57. The summed E-state index contributed by atoms with van der Waals surface area (Å²) in [5, 5.41) is 5.67. The number of rotatable bonds is 7. The van der Waals surface area contributed by atoms with Crippen LogP contribution in [-0.2, 0) is 6.42 Å². The first-order valence-corrected chi connectivity index (χ1v) is 8.07. The van der Waals surface area contributed by atoms with Gasteiger partial charge in [0.15, 0.2) is 0 Å². The van der Waals surface area contributed by atoms with Gasteiger partial charge in [-0.25, -0.2) is 4.98 Å². The second-order valence-electron chi connectivity index (χ2n) is 5.49. The highest BCUT2D eigenvalue weighted by Crippen LogP contribution is 2.37. The summed E-state index contributed by atoms with van der Waals surface area (Å²) >= 11 is 1.67. The molecule has 0 amide bonds. The summed E-state index contributed by atoms with van der Waals surface area (Å²) in [6.45, 7) is 2.99. The van der Waals surface area contributed by atoms with Crippen molar-refractivity contribution in [2.24, 2.45) is 11.1 Å². The molecule has 0 aliphatic heterocycles. The smallest absolute Gasteiger partial charge is 0.0794 e. The highest BCUT2D eigenvalue weighted by atomic mass is 32.1. The van der Waals surface area contributed by atoms with Crippen LogP contribution in [-0.4, -0.2) is 24.6 Å². The van der Waals surface area contributed by atoms with E-state index in [4.69, 9.17) is 5.73 Å². The molecule has 1 aromatic rings. The van der Waals surface area contributed by atoms with Gasteiger partial charge in [0, 0.05) is 18.3 Å². The fourth-order valence-electron chi connectivity index (χ4n) is 2.91. The minimum absolute atomic E-state index is 0.436. The molecule has 1 aliphatic carbocycles. The van der Waals surface area contributed by atoms with Crippen molar-refractivity contribution >= 4 is 11.3 Å². The maximum Gasteiger partial charge on any atom is 0.0794 e. The van der Waals surface area contributed by atoms with Gasteiger partial charge >= 0.3 is 0 Å². The third kappa shape index (κ3) is 4.04. The summed E-state index contributed by atoms with van der Waals surface area (Å²) in [5.41, 5.74) is 9.54. The Balaban J connectivity index is 1.61. The number of nitrogens with one attached hydrogen (secondary N) is 1. The molecule has 18 heavy (non-hydrogen) atoms. The molecule has 0 aromatic carbocycles. The molecule has 0 unspecified atom stereocenters. The van der Waals surface area contributed by atoms with Gasteiger partial charge in [0.05, 0.1) is 11.2 Å². The fraction of sp³-hybridized carbons (Fsp3) is 0.786. The van der Waals surface area contributed by atoms with Crippen molar-refractivity contribution in [3.8, 4) is 0 Å². The minimum Gasteiger partial charge on any atom is -0.330 e. The summed E-state index contributed by atoms with van der Waals surface area (Å²) in [6, 6.07) is 0. The third-order valence-electron chi connectivity index (χ3n) is 4.22. The van der Waals surface area contributed by atoms with Gasteiger partial charge in [0.25, 0.3) is 0 Å². The van der Waals surface area contributed by atoms with Gasteiger partial charge in [0.2, 0.25) is 0 Å². The molecule has 0 atom stereocenters. The van der Waals surface area contributed by atoms with E-state index in [1.165, 1.54) is 44.2 Å². The largest absolute Gasteiger partial charge is 0.330 e. The number of aromatic nitrogens is 1. The van der Waals surface area contributed by atoms with Crippen LogP contribution < -0.4 is 11.1 Å². The molecule has 1 heterocycles. The molecular weight excluding hydrogens is 242 g/mol. The van der Waals surface area contributed by atoms with Gasteiger partial charge in [-0.1, -0.05) is 19.3 Å². The number of nitrogens with zero attached hydrogens (tertiary/aromatic N) is 1. The van der Waals surface area contributed by atoms with E-state index in [-0.39, 0.29) is 0 Å². The Morgan fingerprint density at radius 1 is 1.28 bits per heavy atom. The van der Waals surface area contributed by atoms with Crippen molar-refractivity contribution in [2.45, 2.75) is 44.9 Å². The lowest BCUT2D eigenvalue weighted by molar-refractivity contribution is 0.181. The van der Waals surface area contributed by atoms with E-state index in [2.05, 4.69) is 15.7 Å². The lowest BCUT2D eigenvalue weighted by Gasteiger charge is -2.36. The number of hydrogen-bond donors (Lipinski definition) is 2. The van der Waals surface area contributed by atoms with Crippen LogP contribution in [0.5, 0.6) is 0 Å². The van der Waals surface area contributed by atoms with Crippen LogP contribution in [0.15, 0.2) is 10.9 Å². The average Bonchev–Trinajstić information content (AvgIpc) is 2.93. The van der Waals surface area contributed by atoms with Crippen LogP contribution in [0.1, 0.15) is 44.2 Å². The molecule has 1 fully saturated rings. The van der Waals surface area contributed by atoms with E-state index in [1.807, 2.05) is 5.51 Å². The van der Waals surface area contributed by atoms with Crippen molar-refractivity contribution in [1.29, 1.82) is 0 Å². The summed E-state index contributed by atoms with van der Waals surface area (Å²) < 4.78 is 0. The Kier molecular flexibility index (Phi) is 5.60. The van der Waals surface area contributed by atoms with E-state index >= 15 is 0 Å². The molecule has 1 aromatic heterocycles. The third-order valence-corrected chi connectivity index (χ3v) is 4.86. The van der Waals surface area contributed by atoms with Gasteiger partial charge in [-0.15, -0.1) is 11.3 Å². The molecule has 3 nitrogen and oxygen atoms in total. The molecule has 2 rings (SSSR count). The first-order valence-electron chi connectivity index (χ1n) is 7.13. The second kappa shape index (κ2) is 7.22. The molecule has 0 radical (unpaired) electrons. The minimum atomic E-state index is 0.436. The Morgan fingerprint density at radius 3 is 2.78 bits per heavy atom. The van der Waals surface area contributed by atoms with E-state index in [0.717, 1.165) is 26.1 Å². The normalized spacial score (nSPS) is 18.9. The second-order valence-corrected chi connectivity index (χ2v) is 6.21. The lowest BCUT2D eigenvalue weighted by atomic mass is 9.72. The van der Waals surface area contributed by atoms with Crippen molar-refractivity contribution in [2.75, 3.05) is 19.6 Å². The van der Waals surface area contributed by atoms with Gasteiger partial charge in [0.1, 0.15) is 0 Å². The van der Waals surface area contributed by atoms with Gasteiger partial charge in [-0.3, -0.25) is 0 Å². The van der Waals surface area contributed by atoms with E-state index in [0.29, 0.717) is 5.41 Å². The number of hydrogen-bond acceptors (Lipinski definition) is 4. The van der Waals surface area contributed by atoms with Gasteiger partial charge < -0.3 is 11.1 Å². The number of nitrogens with two attached hydrogens (primary N) is 1. The standard InChI is InChI=1S/C14H25N3S/c15-11-14(5-2-1-3-6-14)7-9-16-8-4-13-10-18-12-17-13/h10,12,16H,1-9,11,15H2. The molecular formula is C14H25N3S. The molecule has 3 N–H and O–H groups in total.